The third-order valence-electron chi connectivity index (χ3n) is 4.09. The summed E-state index contributed by atoms with van der Waals surface area (Å²) in [7, 11) is -0.757. The third-order valence-corrected chi connectivity index (χ3v) is 4.93. The first-order chi connectivity index (χ1) is 13.7. The monoisotopic (exact) mass is 419 g/mol. The predicted octanol–water partition coefficient (Wildman–Crippen LogP) is 1.91. The zero-order chi connectivity index (χ0) is 21.2. The Morgan fingerprint density at radius 1 is 1.03 bits per heavy atom. The highest BCUT2D eigenvalue weighted by Gasteiger charge is 2.16. The van der Waals surface area contributed by atoms with Crippen molar-refractivity contribution in [2.24, 2.45) is 0 Å². The Morgan fingerprint density at radius 3 is 2.41 bits per heavy atom. The standard InChI is InChI=1S/C19H18FN3O5S/c1-27-15-6-4-12(8-16(15)28-2)10-23-11-13(5-7-18(23)24)14-9-17(20)22-19(21-14)29(3,25)26/h4-9,11H,10H2,1-3H3. The van der Waals surface area contributed by atoms with Gasteiger partial charge in [0.15, 0.2) is 11.5 Å². The first kappa shape index (κ1) is 20.5. The average molecular weight is 419 g/mol. The van der Waals surface area contributed by atoms with Crippen LogP contribution in [0.5, 0.6) is 11.5 Å². The van der Waals surface area contributed by atoms with Crippen molar-refractivity contribution in [2.75, 3.05) is 20.5 Å². The van der Waals surface area contributed by atoms with Crippen LogP contribution >= 0.6 is 0 Å². The number of aromatic nitrogens is 3. The Morgan fingerprint density at radius 2 is 1.76 bits per heavy atom. The van der Waals surface area contributed by atoms with Crippen molar-refractivity contribution < 1.29 is 22.3 Å². The van der Waals surface area contributed by atoms with Crippen molar-refractivity contribution in [3.8, 4) is 22.8 Å². The van der Waals surface area contributed by atoms with Crippen LogP contribution in [-0.2, 0) is 16.4 Å². The van der Waals surface area contributed by atoms with E-state index in [1.807, 2.05) is 0 Å². The fourth-order valence-corrected chi connectivity index (χ4v) is 3.21. The van der Waals surface area contributed by atoms with Crippen LogP contribution in [0.25, 0.3) is 11.3 Å². The zero-order valence-electron chi connectivity index (χ0n) is 15.9. The van der Waals surface area contributed by atoms with Gasteiger partial charge in [-0.2, -0.15) is 9.37 Å². The number of rotatable bonds is 6. The highest BCUT2D eigenvalue weighted by molar-refractivity contribution is 7.90. The summed E-state index contributed by atoms with van der Waals surface area (Å²) in [6.07, 6.45) is 2.37. The second-order valence-corrected chi connectivity index (χ2v) is 8.11. The molecule has 0 atom stereocenters. The number of sulfone groups is 1. The van der Waals surface area contributed by atoms with Gasteiger partial charge in [-0.15, -0.1) is 0 Å². The summed E-state index contributed by atoms with van der Waals surface area (Å²) in [4.78, 5) is 19.5. The van der Waals surface area contributed by atoms with Gasteiger partial charge in [0.2, 0.25) is 20.9 Å². The maximum absolute atomic E-state index is 13.8. The zero-order valence-corrected chi connectivity index (χ0v) is 16.7. The van der Waals surface area contributed by atoms with Crippen LogP contribution in [0.4, 0.5) is 4.39 Å². The van der Waals surface area contributed by atoms with E-state index >= 15 is 0 Å². The minimum absolute atomic E-state index is 0.0546. The largest absolute Gasteiger partial charge is 0.493 e. The van der Waals surface area contributed by atoms with E-state index in [9.17, 15) is 17.6 Å². The van der Waals surface area contributed by atoms with Crippen LogP contribution in [0.2, 0.25) is 0 Å². The lowest BCUT2D eigenvalue weighted by atomic mass is 10.1. The maximum atomic E-state index is 13.8. The van der Waals surface area contributed by atoms with E-state index in [1.165, 1.54) is 37.1 Å². The van der Waals surface area contributed by atoms with Gasteiger partial charge in [-0.05, 0) is 23.8 Å². The summed E-state index contributed by atoms with van der Waals surface area (Å²) in [5, 5.41) is -0.620. The van der Waals surface area contributed by atoms with E-state index < -0.39 is 20.9 Å². The summed E-state index contributed by atoms with van der Waals surface area (Å²) < 4.78 is 49.0. The molecule has 1 aromatic carbocycles. The topological polar surface area (TPSA) is 100 Å². The first-order valence-electron chi connectivity index (χ1n) is 8.37. The molecule has 0 aliphatic heterocycles. The Bertz CT molecular complexity index is 1220. The molecule has 0 saturated carbocycles. The molecule has 0 bridgehead atoms. The number of benzene rings is 1. The summed E-state index contributed by atoms with van der Waals surface area (Å²) in [5.41, 5.74) is 0.907. The highest BCUT2D eigenvalue weighted by Crippen LogP contribution is 2.28. The minimum Gasteiger partial charge on any atom is -0.493 e. The number of methoxy groups -OCH3 is 2. The SMILES string of the molecule is COc1ccc(Cn2cc(-c3cc(F)nc(S(C)(=O)=O)n3)ccc2=O)cc1OC. The molecule has 0 fully saturated rings. The summed E-state index contributed by atoms with van der Waals surface area (Å²) in [6.45, 7) is 0.208. The molecule has 0 radical (unpaired) electrons. The molecular weight excluding hydrogens is 401 g/mol. The van der Waals surface area contributed by atoms with Crippen LogP contribution in [0, 0.1) is 5.95 Å². The van der Waals surface area contributed by atoms with E-state index in [0.717, 1.165) is 17.9 Å². The fraction of sp³-hybridized carbons (Fsp3) is 0.211. The fourth-order valence-electron chi connectivity index (χ4n) is 2.69. The number of hydrogen-bond acceptors (Lipinski definition) is 7. The molecule has 3 aromatic rings. The molecule has 2 heterocycles. The lowest BCUT2D eigenvalue weighted by Gasteiger charge is -2.12. The Kier molecular flexibility index (Phi) is 5.64. The van der Waals surface area contributed by atoms with Gasteiger partial charge in [-0.1, -0.05) is 6.07 Å². The molecule has 0 unspecified atom stereocenters. The Hall–Kier alpha value is -3.27. The Labute approximate surface area is 166 Å². The van der Waals surface area contributed by atoms with Gasteiger partial charge in [0.05, 0.1) is 26.5 Å². The normalized spacial score (nSPS) is 11.3. The number of pyridine rings is 1. The predicted molar refractivity (Wildman–Crippen MR) is 103 cm³/mol. The van der Waals surface area contributed by atoms with E-state index in [1.54, 1.807) is 18.2 Å². The second-order valence-electron chi connectivity index (χ2n) is 6.20. The average Bonchev–Trinajstić information content (AvgIpc) is 2.68. The van der Waals surface area contributed by atoms with E-state index in [-0.39, 0.29) is 17.8 Å². The second kappa shape index (κ2) is 8.00. The molecule has 3 rings (SSSR count). The highest BCUT2D eigenvalue weighted by atomic mass is 32.2. The number of ether oxygens (including phenoxy) is 2. The van der Waals surface area contributed by atoms with E-state index in [0.29, 0.717) is 17.1 Å². The van der Waals surface area contributed by atoms with E-state index in [4.69, 9.17) is 9.47 Å². The molecule has 0 aliphatic rings. The van der Waals surface area contributed by atoms with Gasteiger partial charge in [0.1, 0.15) is 0 Å². The maximum Gasteiger partial charge on any atom is 0.250 e. The van der Waals surface area contributed by atoms with Crippen molar-refractivity contribution in [3.63, 3.8) is 0 Å². The smallest absolute Gasteiger partial charge is 0.250 e. The van der Waals surface area contributed by atoms with Gasteiger partial charge in [-0.25, -0.2) is 13.4 Å². The van der Waals surface area contributed by atoms with Gasteiger partial charge in [0, 0.05) is 30.1 Å². The summed E-state index contributed by atoms with van der Waals surface area (Å²) in [6, 6.07) is 9.00. The molecule has 0 N–H and O–H groups in total. The summed E-state index contributed by atoms with van der Waals surface area (Å²) >= 11 is 0. The van der Waals surface area contributed by atoms with Crippen LogP contribution < -0.4 is 15.0 Å². The third kappa shape index (κ3) is 4.60. The molecule has 152 valence electrons. The van der Waals surface area contributed by atoms with Crippen LogP contribution in [0.15, 0.2) is 52.5 Å². The molecule has 29 heavy (non-hydrogen) atoms. The quantitative estimate of drug-likeness (QED) is 0.444. The van der Waals surface area contributed by atoms with Gasteiger partial charge >= 0.3 is 0 Å². The molecule has 0 spiro atoms. The number of hydrogen-bond donors (Lipinski definition) is 0. The lowest BCUT2D eigenvalue weighted by Crippen LogP contribution is -2.19. The van der Waals surface area contributed by atoms with Crippen molar-refractivity contribution in [2.45, 2.75) is 11.7 Å². The molecule has 0 saturated heterocycles. The number of halogens is 1. The van der Waals surface area contributed by atoms with Crippen LogP contribution in [-0.4, -0.2) is 43.4 Å². The lowest BCUT2D eigenvalue weighted by molar-refractivity contribution is 0.354. The molecule has 10 heteroatoms. The summed E-state index contributed by atoms with van der Waals surface area (Å²) in [5.74, 6) is 0.0973. The molecule has 8 nitrogen and oxygen atoms in total. The molecular formula is C19H18FN3O5S. The first-order valence-corrected chi connectivity index (χ1v) is 10.3. The molecule has 0 aliphatic carbocycles. The van der Waals surface area contributed by atoms with Crippen molar-refractivity contribution in [1.82, 2.24) is 14.5 Å². The van der Waals surface area contributed by atoms with Gasteiger partial charge in [0.25, 0.3) is 5.56 Å². The Balaban J connectivity index is 2.02. The van der Waals surface area contributed by atoms with Crippen LogP contribution in [0.3, 0.4) is 0 Å². The van der Waals surface area contributed by atoms with Crippen molar-refractivity contribution >= 4 is 9.84 Å². The molecule has 2 aromatic heterocycles. The minimum atomic E-state index is -3.79. The number of nitrogens with zero attached hydrogens (tertiary/aromatic N) is 3. The van der Waals surface area contributed by atoms with Crippen LogP contribution in [0.1, 0.15) is 5.56 Å². The molecule has 0 amide bonds. The van der Waals surface area contributed by atoms with Gasteiger partial charge < -0.3 is 14.0 Å². The van der Waals surface area contributed by atoms with Crippen molar-refractivity contribution in [3.05, 3.63) is 64.5 Å². The van der Waals surface area contributed by atoms with Crippen molar-refractivity contribution in [1.29, 1.82) is 0 Å². The van der Waals surface area contributed by atoms with Gasteiger partial charge in [-0.3, -0.25) is 4.79 Å². The van der Waals surface area contributed by atoms with E-state index in [2.05, 4.69) is 9.97 Å².